The topological polar surface area (TPSA) is 94.2 Å². The number of carbonyl (C=O) groups excluding carboxylic acids is 3. The van der Waals surface area contributed by atoms with Crippen molar-refractivity contribution >= 4 is 18.0 Å². The number of rotatable bonds is 40. The molecule has 0 aromatic heterocycles. The lowest BCUT2D eigenvalue weighted by atomic mass is 10.1. The van der Waals surface area contributed by atoms with Crippen molar-refractivity contribution < 1.29 is 28.6 Å². The average Bonchev–Trinajstić information content (AvgIpc) is 3.17. The van der Waals surface area contributed by atoms with Crippen LogP contribution in [0.1, 0.15) is 221 Å². The molecule has 1 unspecified atom stereocenters. The van der Waals surface area contributed by atoms with Gasteiger partial charge in [0, 0.05) is 38.0 Å². The van der Waals surface area contributed by atoms with Crippen LogP contribution in [0.25, 0.3) is 0 Å². The molecule has 1 atom stereocenters. The highest BCUT2D eigenvalue weighted by Gasteiger charge is 2.20. The first-order valence-corrected chi connectivity index (χ1v) is 23.5. The Bertz CT molecular complexity index is 957. The minimum absolute atomic E-state index is 0.121. The smallest absolute Gasteiger partial charge is 0.407 e. The van der Waals surface area contributed by atoms with Gasteiger partial charge in [-0.3, -0.25) is 14.5 Å². The van der Waals surface area contributed by atoms with E-state index in [4.69, 9.17) is 14.2 Å². The maximum atomic E-state index is 12.7. The number of amides is 1. The maximum absolute atomic E-state index is 12.7. The van der Waals surface area contributed by atoms with Gasteiger partial charge < -0.3 is 19.5 Å². The Morgan fingerprint density at radius 3 is 1.30 bits per heavy atom. The molecule has 8 heteroatoms. The van der Waals surface area contributed by atoms with E-state index >= 15 is 0 Å². The van der Waals surface area contributed by atoms with Crippen molar-refractivity contribution in [1.29, 1.82) is 0 Å². The Balaban J connectivity index is 4.43. The number of nitrogens with one attached hydrogen (secondary N) is 1. The summed E-state index contributed by atoms with van der Waals surface area (Å²) in [5.41, 5.74) is 0. The molecule has 0 saturated heterocycles. The van der Waals surface area contributed by atoms with Crippen LogP contribution in [0.15, 0.2) is 24.3 Å². The monoisotopic (exact) mass is 791 g/mol. The van der Waals surface area contributed by atoms with Crippen LogP contribution >= 0.6 is 0 Å². The summed E-state index contributed by atoms with van der Waals surface area (Å²) in [7, 11) is 0. The third kappa shape index (κ3) is 37.2. The predicted octanol–water partition coefficient (Wildman–Crippen LogP) is 13.4. The summed E-state index contributed by atoms with van der Waals surface area (Å²) in [4.78, 5) is 40.1. The quantitative estimate of drug-likeness (QED) is 0.0286. The van der Waals surface area contributed by atoms with Crippen LogP contribution in [0.4, 0.5) is 4.79 Å². The van der Waals surface area contributed by atoms with Gasteiger partial charge in [0.25, 0.3) is 0 Å². The molecular weight excluding hydrogens is 701 g/mol. The zero-order valence-electron chi connectivity index (χ0n) is 37.6. The van der Waals surface area contributed by atoms with E-state index in [9.17, 15) is 14.4 Å². The first kappa shape index (κ1) is 53.6. The molecule has 1 amide bonds. The highest BCUT2D eigenvalue weighted by Crippen LogP contribution is 2.13. The lowest BCUT2D eigenvalue weighted by Gasteiger charge is -2.30. The number of ether oxygens (including phenoxy) is 3. The van der Waals surface area contributed by atoms with E-state index in [0.29, 0.717) is 38.0 Å². The minimum atomic E-state index is -0.836. The van der Waals surface area contributed by atoms with Crippen LogP contribution in [0.5, 0.6) is 0 Å². The average molecular weight is 791 g/mol. The fourth-order valence-corrected chi connectivity index (χ4v) is 6.92. The van der Waals surface area contributed by atoms with E-state index < -0.39 is 12.2 Å². The standard InChI is InChI=1S/C48H90N2O6/c1-7-9-11-13-15-17-19-21-23-25-27-29-31-33-35-37-46(51)54-41-45(42-55-48(53)49-39-40-50(43(3)4)44(5)6)56-47(52)38-36-34-32-30-28-26-24-22-20-18-16-14-12-10-8-2/h21-24,43-45H,7-20,25-42H2,1-6H3,(H,49,53). The molecule has 0 aromatic carbocycles. The van der Waals surface area contributed by atoms with Gasteiger partial charge >= 0.3 is 18.0 Å². The maximum Gasteiger partial charge on any atom is 0.407 e. The SMILES string of the molecule is CCCCCCCCC=CCCCCCCCC(=O)OCC(COC(=O)NCCN(C(C)C)C(C)C)OC(=O)CCCCCCCC=CCCCCCCCC. The number of hydrogen-bond acceptors (Lipinski definition) is 7. The summed E-state index contributed by atoms with van der Waals surface area (Å²) in [6.45, 7) is 13.9. The molecule has 0 heterocycles. The van der Waals surface area contributed by atoms with E-state index in [1.54, 1.807) is 0 Å². The number of nitrogens with zero attached hydrogens (tertiary/aromatic N) is 1. The van der Waals surface area contributed by atoms with Gasteiger partial charge in [-0.25, -0.2) is 4.79 Å². The zero-order chi connectivity index (χ0) is 41.3. The molecule has 8 nitrogen and oxygen atoms in total. The number of esters is 2. The lowest BCUT2D eigenvalue weighted by molar-refractivity contribution is -0.161. The fraction of sp³-hybridized carbons (Fsp3) is 0.854. The van der Waals surface area contributed by atoms with Crippen molar-refractivity contribution in [2.75, 3.05) is 26.3 Å². The normalized spacial score (nSPS) is 12.4. The zero-order valence-corrected chi connectivity index (χ0v) is 37.6. The number of allylic oxidation sites excluding steroid dienone is 4. The second-order valence-corrected chi connectivity index (χ2v) is 16.4. The fourth-order valence-electron chi connectivity index (χ4n) is 6.92. The summed E-state index contributed by atoms with van der Waals surface area (Å²) < 4.78 is 16.6. The van der Waals surface area contributed by atoms with Gasteiger partial charge in [0.15, 0.2) is 6.10 Å². The van der Waals surface area contributed by atoms with Crippen molar-refractivity contribution in [3.63, 3.8) is 0 Å². The van der Waals surface area contributed by atoms with E-state index in [0.717, 1.165) is 64.2 Å². The Kier molecular flexibility index (Phi) is 39.1. The Labute approximate surface area is 346 Å². The molecule has 0 aliphatic heterocycles. The third-order valence-electron chi connectivity index (χ3n) is 10.4. The molecule has 0 fully saturated rings. The summed E-state index contributed by atoms with van der Waals surface area (Å²) in [5.74, 6) is -0.665. The highest BCUT2D eigenvalue weighted by atomic mass is 16.6. The molecule has 0 aliphatic rings. The van der Waals surface area contributed by atoms with Crippen molar-refractivity contribution in [3.05, 3.63) is 24.3 Å². The molecule has 0 rings (SSSR count). The van der Waals surface area contributed by atoms with E-state index in [2.05, 4.69) is 76.1 Å². The van der Waals surface area contributed by atoms with Crippen LogP contribution in [0.2, 0.25) is 0 Å². The van der Waals surface area contributed by atoms with Crippen LogP contribution < -0.4 is 5.32 Å². The van der Waals surface area contributed by atoms with E-state index in [1.165, 1.54) is 103 Å². The molecule has 0 bridgehead atoms. The molecule has 0 radical (unpaired) electrons. The second kappa shape index (κ2) is 40.8. The Morgan fingerprint density at radius 1 is 0.500 bits per heavy atom. The Hall–Kier alpha value is -2.35. The molecule has 0 saturated carbocycles. The number of hydrogen-bond donors (Lipinski definition) is 1. The third-order valence-corrected chi connectivity index (χ3v) is 10.4. The molecule has 0 aliphatic carbocycles. The van der Waals surface area contributed by atoms with Gasteiger partial charge in [0.2, 0.25) is 0 Å². The summed E-state index contributed by atoms with van der Waals surface area (Å²) in [6.07, 6.45) is 39.6. The molecule has 56 heavy (non-hydrogen) atoms. The summed E-state index contributed by atoms with van der Waals surface area (Å²) in [5, 5.41) is 2.79. The first-order chi connectivity index (χ1) is 27.2. The molecule has 0 spiro atoms. The van der Waals surface area contributed by atoms with Crippen molar-refractivity contribution in [2.24, 2.45) is 0 Å². The summed E-state index contributed by atoms with van der Waals surface area (Å²) in [6, 6.07) is 0.722. The molecule has 1 N–H and O–H groups in total. The van der Waals surface area contributed by atoms with Crippen LogP contribution in [0.3, 0.4) is 0 Å². The number of unbranched alkanes of at least 4 members (excludes halogenated alkanes) is 22. The van der Waals surface area contributed by atoms with Gasteiger partial charge in [-0.15, -0.1) is 0 Å². The lowest BCUT2D eigenvalue weighted by Crippen LogP contribution is -2.43. The van der Waals surface area contributed by atoms with Gasteiger partial charge in [-0.1, -0.05) is 141 Å². The van der Waals surface area contributed by atoms with E-state index in [1.807, 2.05) is 0 Å². The van der Waals surface area contributed by atoms with Crippen molar-refractivity contribution in [3.8, 4) is 0 Å². The first-order valence-electron chi connectivity index (χ1n) is 23.5. The second-order valence-electron chi connectivity index (χ2n) is 16.4. The number of carbonyl (C=O) groups is 3. The molecule has 0 aromatic rings. The Morgan fingerprint density at radius 2 is 0.875 bits per heavy atom. The minimum Gasteiger partial charge on any atom is -0.462 e. The molecular formula is C48H90N2O6. The van der Waals surface area contributed by atoms with Gasteiger partial charge in [-0.05, 0) is 91.9 Å². The van der Waals surface area contributed by atoms with Crippen LogP contribution in [-0.4, -0.2) is 67.4 Å². The summed E-state index contributed by atoms with van der Waals surface area (Å²) >= 11 is 0. The van der Waals surface area contributed by atoms with Crippen LogP contribution in [-0.2, 0) is 23.8 Å². The van der Waals surface area contributed by atoms with Crippen molar-refractivity contribution in [2.45, 2.75) is 240 Å². The van der Waals surface area contributed by atoms with Gasteiger partial charge in [0.1, 0.15) is 13.2 Å². The largest absolute Gasteiger partial charge is 0.462 e. The molecule has 328 valence electrons. The highest BCUT2D eigenvalue weighted by molar-refractivity contribution is 5.70. The van der Waals surface area contributed by atoms with Gasteiger partial charge in [0.05, 0.1) is 0 Å². The van der Waals surface area contributed by atoms with Crippen molar-refractivity contribution in [1.82, 2.24) is 10.2 Å². The van der Waals surface area contributed by atoms with Gasteiger partial charge in [-0.2, -0.15) is 0 Å². The predicted molar refractivity (Wildman–Crippen MR) is 236 cm³/mol. The number of alkyl carbamates (subject to hydrolysis) is 1. The van der Waals surface area contributed by atoms with E-state index in [-0.39, 0.29) is 25.2 Å². The van der Waals surface area contributed by atoms with Crippen LogP contribution in [0, 0.1) is 0 Å².